The largest absolute Gasteiger partial charge is 0.444 e. The average Bonchev–Trinajstić information content (AvgIpc) is 4.06. The van der Waals surface area contributed by atoms with Crippen molar-refractivity contribution in [3.05, 3.63) is 145 Å². The van der Waals surface area contributed by atoms with Gasteiger partial charge in [0.25, 0.3) is 5.91 Å². The molecule has 2 aromatic heterocycles. The van der Waals surface area contributed by atoms with Crippen molar-refractivity contribution >= 4 is 52.0 Å². The first-order chi connectivity index (χ1) is 30.4. The molecule has 321 valence electrons. The third-order valence-corrected chi connectivity index (χ3v) is 11.3. The fourth-order valence-corrected chi connectivity index (χ4v) is 8.38. The van der Waals surface area contributed by atoms with Gasteiger partial charge < -0.3 is 35.5 Å². The van der Waals surface area contributed by atoms with Crippen LogP contribution in [-0.4, -0.2) is 80.3 Å². The molecule has 0 aliphatic carbocycles. The van der Waals surface area contributed by atoms with E-state index in [2.05, 4.69) is 25.9 Å². The first kappa shape index (κ1) is 42.4. The molecular weight excluding hydrogens is 795 g/mol. The minimum absolute atomic E-state index is 0.188. The number of likely N-dealkylation sites (tertiary alicyclic amines) is 2. The zero-order valence-corrected chi connectivity index (χ0v) is 35.5. The van der Waals surface area contributed by atoms with Crippen LogP contribution in [0.2, 0.25) is 0 Å². The van der Waals surface area contributed by atoms with Gasteiger partial charge in [-0.15, -0.1) is 0 Å². The van der Waals surface area contributed by atoms with Crippen LogP contribution in [-0.2, 0) is 23.9 Å². The van der Waals surface area contributed by atoms with Crippen LogP contribution in [0.25, 0.3) is 33.3 Å². The van der Waals surface area contributed by atoms with Crippen molar-refractivity contribution in [2.24, 2.45) is 0 Å². The molecule has 8 rings (SSSR count). The topological polar surface area (TPSA) is 166 Å². The molecule has 0 saturated carbocycles. The number of fused-ring (bicyclic) bond motifs is 1. The van der Waals surface area contributed by atoms with Crippen molar-refractivity contribution < 1.29 is 28.7 Å². The summed E-state index contributed by atoms with van der Waals surface area (Å²) in [5.41, 5.74) is 6.13. The Kier molecular flexibility index (Phi) is 12.4. The maximum absolute atomic E-state index is 14.1. The molecule has 0 unspecified atom stereocenters. The molecule has 2 fully saturated rings. The van der Waals surface area contributed by atoms with E-state index in [4.69, 9.17) is 4.74 Å². The zero-order chi connectivity index (χ0) is 44.1. The van der Waals surface area contributed by atoms with Gasteiger partial charge >= 0.3 is 6.09 Å². The number of amides is 5. The van der Waals surface area contributed by atoms with Gasteiger partial charge in [-0.05, 0) is 111 Å². The van der Waals surface area contributed by atoms with Crippen LogP contribution in [0.4, 0.5) is 16.2 Å². The molecule has 2 aliphatic rings. The smallest absolute Gasteiger partial charge is 0.408 e. The van der Waals surface area contributed by atoms with Gasteiger partial charge in [-0.3, -0.25) is 24.2 Å². The Morgan fingerprint density at radius 2 is 1.33 bits per heavy atom. The summed E-state index contributed by atoms with van der Waals surface area (Å²) >= 11 is 0. The Balaban J connectivity index is 0.990. The van der Waals surface area contributed by atoms with Crippen LogP contribution in [0.5, 0.6) is 0 Å². The van der Waals surface area contributed by atoms with Crippen LogP contribution >= 0.6 is 0 Å². The lowest BCUT2D eigenvalue weighted by Crippen LogP contribution is -2.49. The second-order valence-corrected chi connectivity index (χ2v) is 16.9. The number of hydrogen-bond acceptors (Lipinski definition) is 7. The number of nitrogens with zero attached hydrogens (tertiary/aromatic N) is 3. The number of aromatic amines is 1. The normalized spacial score (nSPS) is 16.7. The maximum Gasteiger partial charge on any atom is 0.408 e. The molecule has 0 bridgehead atoms. The number of alkyl carbamates (subject to hydrolysis) is 1. The van der Waals surface area contributed by atoms with Gasteiger partial charge in [-0.1, -0.05) is 72.8 Å². The number of pyridine rings is 1. The second kappa shape index (κ2) is 18.4. The zero-order valence-electron chi connectivity index (χ0n) is 35.5. The summed E-state index contributed by atoms with van der Waals surface area (Å²) in [7, 11) is 0. The molecule has 63 heavy (non-hydrogen) atoms. The van der Waals surface area contributed by atoms with Gasteiger partial charge in [-0.25, -0.2) is 4.79 Å². The molecule has 1 radical (unpaired) electrons. The standard InChI is InChI=1S/C50H50N7O6/c1-50(2,3)63-49(62)55-45(34-14-8-5-9-15-34)48(61)57-29-11-17-41(57)47(60)52-36-20-18-35(19-21-36)44-43(33-24-26-51-27-25-33)38-31-37(22-23-39(38)54-44)53-46(59)40-16-10-28-56(40)42(58)30-32-12-6-4-7-13-32/h4-9,12-15,18-27,30-31,40-41,45,54H,10-11,16-17,28-29H2,1-3H3,(H,52,60)(H,53,59)(H,55,62)/t40-,41-,45+/m0/s1. The van der Waals surface area contributed by atoms with Crippen molar-refractivity contribution in [1.29, 1.82) is 0 Å². The quantitative estimate of drug-likeness (QED) is 0.102. The molecule has 5 amide bonds. The summed E-state index contributed by atoms with van der Waals surface area (Å²) in [6.45, 7) is 6.13. The van der Waals surface area contributed by atoms with E-state index < -0.39 is 35.7 Å². The first-order valence-corrected chi connectivity index (χ1v) is 21.3. The third kappa shape index (κ3) is 9.78. The molecule has 0 spiro atoms. The molecule has 2 aliphatic heterocycles. The van der Waals surface area contributed by atoms with E-state index in [0.717, 1.165) is 45.3 Å². The highest BCUT2D eigenvalue weighted by Gasteiger charge is 2.39. The predicted octanol–water partition coefficient (Wildman–Crippen LogP) is 8.27. The van der Waals surface area contributed by atoms with E-state index >= 15 is 0 Å². The second-order valence-electron chi connectivity index (χ2n) is 16.9. The SMILES string of the molecule is CC(C)(C)OC(=O)N[C@@H](C(=O)N1CCC[C@H]1C(=O)Nc1ccc(-c2[nH]c3ccc(NC(=O)[C@@H]4CCCN4C(=O)[CH]c4ccccc4)cc3c2-c2ccncc2)cc1)c1ccccc1. The number of H-pyrrole nitrogens is 1. The number of ether oxygens (including phenoxy) is 1. The highest BCUT2D eigenvalue weighted by Crippen LogP contribution is 2.40. The predicted molar refractivity (Wildman–Crippen MR) is 242 cm³/mol. The van der Waals surface area contributed by atoms with Crippen molar-refractivity contribution in [3.63, 3.8) is 0 Å². The fourth-order valence-electron chi connectivity index (χ4n) is 8.38. The van der Waals surface area contributed by atoms with Gasteiger partial charge in [0, 0.05) is 53.3 Å². The van der Waals surface area contributed by atoms with Crippen molar-refractivity contribution in [3.8, 4) is 22.4 Å². The van der Waals surface area contributed by atoms with Crippen molar-refractivity contribution in [1.82, 2.24) is 25.1 Å². The van der Waals surface area contributed by atoms with Crippen LogP contribution < -0.4 is 16.0 Å². The van der Waals surface area contributed by atoms with Crippen LogP contribution in [0.3, 0.4) is 0 Å². The van der Waals surface area contributed by atoms with Crippen molar-refractivity contribution in [2.75, 3.05) is 23.7 Å². The molecular formula is C50H50N7O6. The lowest BCUT2D eigenvalue weighted by Gasteiger charge is -2.29. The summed E-state index contributed by atoms with van der Waals surface area (Å²) in [4.78, 5) is 78.7. The van der Waals surface area contributed by atoms with E-state index in [1.165, 1.54) is 4.90 Å². The number of aromatic nitrogens is 2. The summed E-state index contributed by atoms with van der Waals surface area (Å²) in [5.74, 6) is -1.14. The van der Waals surface area contributed by atoms with Crippen LogP contribution in [0.15, 0.2) is 128 Å². The Bertz CT molecular complexity index is 2610. The molecule has 4 aromatic carbocycles. The number of benzene rings is 4. The summed E-state index contributed by atoms with van der Waals surface area (Å²) in [6.07, 6.45) is 6.73. The molecule has 4 heterocycles. The number of hydrogen-bond donors (Lipinski definition) is 4. The van der Waals surface area contributed by atoms with E-state index in [9.17, 15) is 24.0 Å². The number of anilines is 2. The number of carbonyl (C=O) groups is 5. The minimum atomic E-state index is -1.04. The molecule has 13 nitrogen and oxygen atoms in total. The Morgan fingerprint density at radius 1 is 0.730 bits per heavy atom. The van der Waals surface area contributed by atoms with E-state index in [1.807, 2.05) is 91.0 Å². The summed E-state index contributed by atoms with van der Waals surface area (Å²) < 4.78 is 5.48. The molecule has 3 atom stereocenters. The van der Waals surface area contributed by atoms with Crippen LogP contribution in [0.1, 0.15) is 63.6 Å². The summed E-state index contributed by atoms with van der Waals surface area (Å²) in [6, 6.07) is 33.0. The monoisotopic (exact) mass is 844 g/mol. The van der Waals surface area contributed by atoms with Crippen LogP contribution in [0, 0.1) is 6.42 Å². The van der Waals surface area contributed by atoms with Gasteiger partial charge in [0.05, 0.1) is 12.1 Å². The summed E-state index contributed by atoms with van der Waals surface area (Å²) in [5, 5.41) is 9.71. The number of rotatable bonds is 11. The lowest BCUT2D eigenvalue weighted by atomic mass is 9.98. The van der Waals surface area contributed by atoms with Gasteiger partial charge in [0.1, 0.15) is 23.7 Å². The van der Waals surface area contributed by atoms with Gasteiger partial charge in [0.15, 0.2) is 0 Å². The van der Waals surface area contributed by atoms with Crippen molar-refractivity contribution in [2.45, 2.75) is 70.2 Å². The molecule has 13 heteroatoms. The molecule has 4 N–H and O–H groups in total. The first-order valence-electron chi connectivity index (χ1n) is 21.3. The minimum Gasteiger partial charge on any atom is -0.444 e. The fraction of sp³-hybridized carbons (Fsp3) is 0.260. The maximum atomic E-state index is 14.1. The number of carbonyl (C=O) groups excluding carboxylic acids is 5. The van der Waals surface area contributed by atoms with Gasteiger partial charge in [-0.2, -0.15) is 0 Å². The van der Waals surface area contributed by atoms with E-state index in [-0.39, 0.29) is 17.7 Å². The number of nitrogens with one attached hydrogen (secondary N) is 4. The van der Waals surface area contributed by atoms with E-state index in [1.54, 1.807) is 68.8 Å². The van der Waals surface area contributed by atoms with E-state index in [0.29, 0.717) is 49.3 Å². The Labute approximate surface area is 366 Å². The average molecular weight is 845 g/mol. The lowest BCUT2D eigenvalue weighted by molar-refractivity contribution is -0.138. The van der Waals surface area contributed by atoms with Gasteiger partial charge in [0.2, 0.25) is 17.7 Å². The molecule has 2 saturated heterocycles. The highest BCUT2D eigenvalue weighted by atomic mass is 16.6. The third-order valence-electron chi connectivity index (χ3n) is 11.3. The highest BCUT2D eigenvalue weighted by molar-refractivity contribution is 6.07. The molecule has 6 aromatic rings. The Morgan fingerprint density at radius 3 is 2.00 bits per heavy atom. The Hall–Kier alpha value is -7.28.